The third-order valence-corrected chi connectivity index (χ3v) is 3.12. The van der Waals surface area contributed by atoms with Crippen LogP contribution in [0.15, 0.2) is 36.7 Å². The van der Waals surface area contributed by atoms with E-state index in [9.17, 15) is 9.18 Å². The van der Waals surface area contributed by atoms with Gasteiger partial charge in [-0.2, -0.15) is 0 Å². The maximum absolute atomic E-state index is 14.0. The molecule has 0 saturated carbocycles. The lowest BCUT2D eigenvalue weighted by molar-refractivity contribution is -0.121. The summed E-state index contributed by atoms with van der Waals surface area (Å²) in [4.78, 5) is 16.1. The van der Waals surface area contributed by atoms with Crippen LogP contribution < -0.4 is 5.32 Å². The molecule has 1 heterocycles. The number of amides is 1. The molecule has 1 unspecified atom stereocenters. The minimum Gasteiger partial charge on any atom is -0.342 e. The summed E-state index contributed by atoms with van der Waals surface area (Å²) in [7, 11) is 1.82. The lowest BCUT2D eigenvalue weighted by Crippen LogP contribution is -2.31. The number of halogens is 1. The Bertz CT molecular complexity index is 594. The Balaban J connectivity index is 2.37. The third-order valence-electron chi connectivity index (χ3n) is 3.12. The molecule has 1 aromatic carbocycles. The molecule has 1 amide bonds. The Labute approximate surface area is 117 Å². The summed E-state index contributed by atoms with van der Waals surface area (Å²) < 4.78 is 15.8. The van der Waals surface area contributed by atoms with Crippen molar-refractivity contribution in [1.82, 2.24) is 14.9 Å². The van der Waals surface area contributed by atoms with Gasteiger partial charge in [0, 0.05) is 31.4 Å². The van der Waals surface area contributed by atoms with Crippen molar-refractivity contribution in [2.75, 3.05) is 0 Å². The second-order valence-corrected chi connectivity index (χ2v) is 4.67. The van der Waals surface area contributed by atoms with Crippen molar-refractivity contribution in [3.05, 3.63) is 53.9 Å². The smallest absolute Gasteiger partial charge is 0.220 e. The fraction of sp³-hybridized carbons (Fsp3) is 0.333. The number of nitrogens with one attached hydrogen (secondary N) is 1. The first-order valence-electron chi connectivity index (χ1n) is 6.64. The number of imidazole rings is 1. The SMILES string of the molecule is CCCC(=O)NC(c1ccccc1F)c1nccn1C. The summed E-state index contributed by atoms with van der Waals surface area (Å²) in [5, 5.41) is 2.86. The van der Waals surface area contributed by atoms with E-state index in [1.54, 1.807) is 35.2 Å². The number of aryl methyl sites for hydroxylation is 1. The van der Waals surface area contributed by atoms with E-state index >= 15 is 0 Å². The average molecular weight is 275 g/mol. The normalized spacial score (nSPS) is 12.2. The van der Waals surface area contributed by atoms with E-state index in [0.717, 1.165) is 6.42 Å². The van der Waals surface area contributed by atoms with Crippen LogP contribution in [-0.4, -0.2) is 15.5 Å². The van der Waals surface area contributed by atoms with Gasteiger partial charge in [0.05, 0.1) is 0 Å². The summed E-state index contributed by atoms with van der Waals surface area (Å²) in [6.07, 6.45) is 4.57. The van der Waals surface area contributed by atoms with Crippen LogP contribution in [-0.2, 0) is 11.8 Å². The predicted octanol–water partition coefficient (Wildman–Crippen LogP) is 2.56. The van der Waals surface area contributed by atoms with Gasteiger partial charge in [-0.25, -0.2) is 9.37 Å². The van der Waals surface area contributed by atoms with Gasteiger partial charge in [-0.15, -0.1) is 0 Å². The Morgan fingerprint density at radius 3 is 2.80 bits per heavy atom. The first-order valence-corrected chi connectivity index (χ1v) is 6.64. The molecule has 1 aromatic heterocycles. The fourth-order valence-corrected chi connectivity index (χ4v) is 2.11. The van der Waals surface area contributed by atoms with E-state index in [1.807, 2.05) is 14.0 Å². The van der Waals surface area contributed by atoms with Crippen molar-refractivity contribution in [3.8, 4) is 0 Å². The highest BCUT2D eigenvalue weighted by Crippen LogP contribution is 2.23. The van der Waals surface area contributed by atoms with E-state index in [1.165, 1.54) is 6.07 Å². The molecule has 0 bridgehead atoms. The first kappa shape index (κ1) is 14.2. The topological polar surface area (TPSA) is 46.9 Å². The van der Waals surface area contributed by atoms with Crippen LogP contribution in [0, 0.1) is 5.82 Å². The van der Waals surface area contributed by atoms with Gasteiger partial charge in [-0.3, -0.25) is 4.79 Å². The van der Waals surface area contributed by atoms with Crippen LogP contribution >= 0.6 is 0 Å². The molecule has 2 aromatic rings. The molecule has 1 atom stereocenters. The molecule has 2 rings (SSSR count). The van der Waals surface area contributed by atoms with Gasteiger partial charge in [0.1, 0.15) is 17.7 Å². The van der Waals surface area contributed by atoms with E-state index in [0.29, 0.717) is 17.8 Å². The third kappa shape index (κ3) is 3.04. The predicted molar refractivity (Wildman–Crippen MR) is 74.5 cm³/mol. The van der Waals surface area contributed by atoms with Gasteiger partial charge in [-0.1, -0.05) is 25.1 Å². The van der Waals surface area contributed by atoms with Gasteiger partial charge < -0.3 is 9.88 Å². The highest BCUT2D eigenvalue weighted by molar-refractivity contribution is 5.76. The van der Waals surface area contributed by atoms with Crippen molar-refractivity contribution in [2.24, 2.45) is 7.05 Å². The van der Waals surface area contributed by atoms with Crippen molar-refractivity contribution in [2.45, 2.75) is 25.8 Å². The highest BCUT2D eigenvalue weighted by atomic mass is 19.1. The second kappa shape index (κ2) is 6.32. The van der Waals surface area contributed by atoms with Gasteiger partial charge in [0.25, 0.3) is 0 Å². The van der Waals surface area contributed by atoms with Gasteiger partial charge in [0.2, 0.25) is 5.91 Å². The molecule has 0 aliphatic carbocycles. The quantitative estimate of drug-likeness (QED) is 0.911. The molecule has 5 heteroatoms. The molecule has 0 fully saturated rings. The Hall–Kier alpha value is -2.17. The Kier molecular flexibility index (Phi) is 4.50. The molecule has 4 nitrogen and oxygen atoms in total. The molecule has 0 aliphatic heterocycles. The number of carbonyl (C=O) groups excluding carboxylic acids is 1. The zero-order valence-corrected chi connectivity index (χ0v) is 11.6. The summed E-state index contributed by atoms with van der Waals surface area (Å²) in [6.45, 7) is 1.93. The standard InChI is InChI=1S/C15H18FN3O/c1-3-6-13(20)18-14(15-17-9-10-19(15)2)11-7-4-5-8-12(11)16/h4-5,7-10,14H,3,6H2,1-2H3,(H,18,20). The van der Waals surface area contributed by atoms with E-state index in [-0.39, 0.29) is 11.7 Å². The Morgan fingerprint density at radius 1 is 1.45 bits per heavy atom. The van der Waals surface area contributed by atoms with E-state index in [4.69, 9.17) is 0 Å². The van der Waals surface area contributed by atoms with Crippen LogP contribution in [0.1, 0.15) is 37.2 Å². The minimum atomic E-state index is -0.574. The van der Waals surface area contributed by atoms with Crippen LogP contribution in [0.4, 0.5) is 4.39 Å². The van der Waals surface area contributed by atoms with Gasteiger partial charge >= 0.3 is 0 Å². The lowest BCUT2D eigenvalue weighted by Gasteiger charge is -2.19. The molecular weight excluding hydrogens is 257 g/mol. The van der Waals surface area contributed by atoms with Crippen molar-refractivity contribution in [3.63, 3.8) is 0 Å². The molecule has 1 N–H and O–H groups in total. The second-order valence-electron chi connectivity index (χ2n) is 4.67. The molecule has 0 aliphatic rings. The number of rotatable bonds is 5. The van der Waals surface area contributed by atoms with Crippen LogP contribution in [0.3, 0.4) is 0 Å². The van der Waals surface area contributed by atoms with Crippen molar-refractivity contribution in [1.29, 1.82) is 0 Å². The van der Waals surface area contributed by atoms with E-state index in [2.05, 4.69) is 10.3 Å². The molecule has 0 saturated heterocycles. The maximum Gasteiger partial charge on any atom is 0.220 e. The first-order chi connectivity index (χ1) is 9.63. The zero-order valence-electron chi connectivity index (χ0n) is 11.6. The summed E-state index contributed by atoms with van der Waals surface area (Å²) in [5.41, 5.74) is 0.422. The Morgan fingerprint density at radius 2 is 2.20 bits per heavy atom. The van der Waals surface area contributed by atoms with E-state index < -0.39 is 6.04 Å². The highest BCUT2D eigenvalue weighted by Gasteiger charge is 2.22. The van der Waals surface area contributed by atoms with Crippen molar-refractivity contribution < 1.29 is 9.18 Å². The van der Waals surface area contributed by atoms with Gasteiger partial charge in [0.15, 0.2) is 0 Å². The monoisotopic (exact) mass is 275 g/mol. The van der Waals surface area contributed by atoms with Crippen LogP contribution in [0.5, 0.6) is 0 Å². The van der Waals surface area contributed by atoms with Crippen molar-refractivity contribution >= 4 is 5.91 Å². The van der Waals surface area contributed by atoms with Crippen LogP contribution in [0.2, 0.25) is 0 Å². The molecule has 106 valence electrons. The van der Waals surface area contributed by atoms with Crippen LogP contribution in [0.25, 0.3) is 0 Å². The summed E-state index contributed by atoms with van der Waals surface area (Å²) in [5.74, 6) is 0.153. The molecular formula is C15H18FN3O. The average Bonchev–Trinajstić information content (AvgIpc) is 2.83. The number of hydrogen-bond acceptors (Lipinski definition) is 2. The fourth-order valence-electron chi connectivity index (χ4n) is 2.11. The molecule has 0 radical (unpaired) electrons. The number of carbonyl (C=O) groups is 1. The number of nitrogens with zero attached hydrogens (tertiary/aromatic N) is 2. The maximum atomic E-state index is 14.0. The van der Waals surface area contributed by atoms with Gasteiger partial charge in [-0.05, 0) is 12.5 Å². The summed E-state index contributed by atoms with van der Waals surface area (Å²) in [6, 6.07) is 5.86. The number of hydrogen-bond donors (Lipinski definition) is 1. The molecule has 0 spiro atoms. The lowest BCUT2D eigenvalue weighted by atomic mass is 10.0. The summed E-state index contributed by atoms with van der Waals surface area (Å²) >= 11 is 0. The number of benzene rings is 1. The zero-order chi connectivity index (χ0) is 14.5. The number of aromatic nitrogens is 2. The molecule has 20 heavy (non-hydrogen) atoms. The minimum absolute atomic E-state index is 0.108. The largest absolute Gasteiger partial charge is 0.342 e.